The van der Waals surface area contributed by atoms with Crippen molar-refractivity contribution in [1.82, 2.24) is 5.32 Å². The van der Waals surface area contributed by atoms with Gasteiger partial charge in [-0.15, -0.1) is 0 Å². The van der Waals surface area contributed by atoms with Crippen molar-refractivity contribution in [2.24, 2.45) is 0 Å². The van der Waals surface area contributed by atoms with Crippen molar-refractivity contribution in [2.75, 3.05) is 13.6 Å². The molecule has 3 rings (SSSR count). The smallest absolute Gasteiger partial charge is 0.269 e. The van der Waals surface area contributed by atoms with Gasteiger partial charge in [-0.05, 0) is 53.8 Å². The lowest BCUT2D eigenvalue weighted by Crippen LogP contribution is -2.37. The second-order valence-electron chi connectivity index (χ2n) is 4.65. The molecule has 0 unspecified atom stereocenters. The summed E-state index contributed by atoms with van der Waals surface area (Å²) in [5.41, 5.74) is 0.852. The number of benzene rings is 1. The Morgan fingerprint density at radius 3 is 3.05 bits per heavy atom. The van der Waals surface area contributed by atoms with Gasteiger partial charge in [0.05, 0.1) is 6.26 Å². The van der Waals surface area contributed by atoms with E-state index in [2.05, 4.69) is 22.1 Å². The predicted molar refractivity (Wildman–Crippen MR) is 86.7 cm³/mol. The first-order valence-electron chi connectivity index (χ1n) is 6.68. The second-order valence-corrected chi connectivity index (χ2v) is 7.89. The van der Waals surface area contributed by atoms with Crippen LogP contribution in [0, 0.1) is 0 Å². The normalized spacial score (nSPS) is 12.7. The molecule has 0 aliphatic heterocycles. The van der Waals surface area contributed by atoms with E-state index in [1.165, 1.54) is 5.19 Å². The fourth-order valence-electron chi connectivity index (χ4n) is 2.24. The van der Waals surface area contributed by atoms with E-state index < -0.39 is 9.04 Å². The molecule has 2 aromatic heterocycles. The number of hydrogen-bond acceptors (Lipinski definition) is 4. The molecule has 1 aromatic carbocycles. The van der Waals surface area contributed by atoms with Gasteiger partial charge in [0, 0.05) is 5.39 Å². The fourth-order valence-corrected chi connectivity index (χ4v) is 5.71. The summed E-state index contributed by atoms with van der Waals surface area (Å²) in [5, 5.41) is 9.98. The van der Waals surface area contributed by atoms with Crippen LogP contribution in [0.5, 0.6) is 5.75 Å². The highest BCUT2D eigenvalue weighted by molar-refractivity contribution is 7.09. The number of furan rings is 1. The Morgan fingerprint density at radius 2 is 2.25 bits per heavy atom. The van der Waals surface area contributed by atoms with Gasteiger partial charge in [-0.25, -0.2) is 0 Å². The van der Waals surface area contributed by atoms with E-state index in [4.69, 9.17) is 8.84 Å². The molecule has 0 saturated carbocycles. The molecule has 0 fully saturated rings. The van der Waals surface area contributed by atoms with Crippen molar-refractivity contribution < 1.29 is 8.84 Å². The molecule has 2 heterocycles. The van der Waals surface area contributed by atoms with Crippen LogP contribution >= 0.6 is 11.3 Å². The van der Waals surface area contributed by atoms with E-state index >= 15 is 0 Å². The lowest BCUT2D eigenvalue weighted by Gasteiger charge is -2.17. The molecule has 1 N–H and O–H groups in total. The van der Waals surface area contributed by atoms with Gasteiger partial charge in [0.25, 0.3) is 9.04 Å². The second kappa shape index (κ2) is 6.26. The van der Waals surface area contributed by atoms with Crippen LogP contribution in [-0.4, -0.2) is 22.6 Å². The third-order valence-electron chi connectivity index (χ3n) is 3.28. The summed E-state index contributed by atoms with van der Waals surface area (Å²) in [5.74, 6) is 0.867. The number of nitrogens with one attached hydrogen (secondary N) is 1. The number of hydrogen-bond donors (Lipinski definition) is 1. The Kier molecular flexibility index (Phi) is 4.20. The van der Waals surface area contributed by atoms with Crippen LogP contribution in [0.25, 0.3) is 11.0 Å². The van der Waals surface area contributed by atoms with Crippen molar-refractivity contribution in [2.45, 2.75) is 6.04 Å². The molecule has 3 aromatic rings. The SMILES string of the molecule is CNCC[Si@H](Oc1cccc2ccoc12)c1ccsc1. The van der Waals surface area contributed by atoms with Crippen molar-refractivity contribution in [3.63, 3.8) is 0 Å². The number of fused-ring (bicyclic) bond motifs is 1. The zero-order valence-corrected chi connectivity index (χ0v) is 13.3. The van der Waals surface area contributed by atoms with Crippen molar-refractivity contribution in [3.8, 4) is 5.75 Å². The van der Waals surface area contributed by atoms with Crippen LogP contribution < -0.4 is 14.9 Å². The van der Waals surface area contributed by atoms with Gasteiger partial charge in [-0.1, -0.05) is 12.1 Å². The molecule has 0 saturated heterocycles. The Morgan fingerprint density at radius 1 is 1.30 bits per heavy atom. The average Bonchev–Trinajstić information content (AvgIpc) is 3.14. The molecule has 5 heteroatoms. The lowest BCUT2D eigenvalue weighted by atomic mass is 10.2. The predicted octanol–water partition coefficient (Wildman–Crippen LogP) is 2.72. The summed E-state index contributed by atoms with van der Waals surface area (Å²) in [6.07, 6.45) is 1.71. The Labute approximate surface area is 123 Å². The molecular weight excluding hydrogens is 286 g/mol. The van der Waals surface area contributed by atoms with E-state index in [1.54, 1.807) is 17.6 Å². The molecule has 0 aliphatic carbocycles. The first-order chi connectivity index (χ1) is 9.88. The molecule has 0 aliphatic rings. The largest absolute Gasteiger partial charge is 0.539 e. The molecule has 3 nitrogen and oxygen atoms in total. The highest BCUT2D eigenvalue weighted by Crippen LogP contribution is 2.27. The van der Waals surface area contributed by atoms with Crippen molar-refractivity contribution in [1.29, 1.82) is 0 Å². The van der Waals surface area contributed by atoms with Gasteiger partial charge < -0.3 is 14.2 Å². The minimum Gasteiger partial charge on any atom is -0.539 e. The fraction of sp³-hybridized carbons (Fsp3) is 0.200. The zero-order valence-electron chi connectivity index (χ0n) is 11.3. The molecule has 0 radical (unpaired) electrons. The lowest BCUT2D eigenvalue weighted by molar-refractivity contribution is 0.545. The van der Waals surface area contributed by atoms with Crippen LogP contribution in [0.2, 0.25) is 6.04 Å². The van der Waals surface area contributed by atoms with E-state index in [0.29, 0.717) is 0 Å². The maximum absolute atomic E-state index is 6.34. The summed E-state index contributed by atoms with van der Waals surface area (Å²) in [6, 6.07) is 11.3. The van der Waals surface area contributed by atoms with Crippen LogP contribution in [0.3, 0.4) is 0 Å². The quantitative estimate of drug-likeness (QED) is 0.711. The Bertz CT molecular complexity index is 665. The maximum atomic E-state index is 6.34. The molecule has 0 spiro atoms. The van der Waals surface area contributed by atoms with E-state index in [9.17, 15) is 0 Å². The molecule has 0 amide bonds. The van der Waals surface area contributed by atoms with Gasteiger partial charge in [-0.2, -0.15) is 11.3 Å². The van der Waals surface area contributed by atoms with Gasteiger partial charge in [0.2, 0.25) is 0 Å². The number of para-hydroxylation sites is 1. The van der Waals surface area contributed by atoms with Crippen molar-refractivity contribution in [3.05, 3.63) is 47.4 Å². The minimum absolute atomic E-state index is 0.852. The molecular formula is C15H17NO2SSi. The van der Waals surface area contributed by atoms with E-state index in [0.717, 1.165) is 29.3 Å². The average molecular weight is 303 g/mol. The number of thiophene rings is 1. The van der Waals surface area contributed by atoms with E-state index in [1.807, 2.05) is 31.3 Å². The van der Waals surface area contributed by atoms with Gasteiger partial charge in [0.1, 0.15) is 5.75 Å². The van der Waals surface area contributed by atoms with E-state index in [-0.39, 0.29) is 0 Å². The first-order valence-corrected chi connectivity index (χ1v) is 9.49. The molecule has 1 atom stereocenters. The number of rotatable bonds is 6. The Hall–Kier alpha value is -1.56. The van der Waals surface area contributed by atoms with Gasteiger partial charge in [-0.3, -0.25) is 0 Å². The molecule has 20 heavy (non-hydrogen) atoms. The monoisotopic (exact) mass is 303 g/mol. The van der Waals surface area contributed by atoms with Crippen molar-refractivity contribution >= 4 is 36.5 Å². The summed E-state index contributed by atoms with van der Waals surface area (Å²) in [7, 11) is 0.496. The van der Waals surface area contributed by atoms with Gasteiger partial charge in [0.15, 0.2) is 5.58 Å². The third kappa shape index (κ3) is 2.79. The molecule has 0 bridgehead atoms. The maximum Gasteiger partial charge on any atom is 0.269 e. The highest BCUT2D eigenvalue weighted by atomic mass is 32.1. The minimum atomic E-state index is -1.48. The zero-order chi connectivity index (χ0) is 13.8. The van der Waals surface area contributed by atoms with Crippen LogP contribution in [0.4, 0.5) is 0 Å². The van der Waals surface area contributed by atoms with Crippen LogP contribution in [-0.2, 0) is 0 Å². The highest BCUT2D eigenvalue weighted by Gasteiger charge is 2.18. The summed E-state index contributed by atoms with van der Waals surface area (Å²) in [6.45, 7) is 0.973. The van der Waals surface area contributed by atoms with Crippen LogP contribution in [0.1, 0.15) is 0 Å². The molecule has 104 valence electrons. The van der Waals surface area contributed by atoms with Gasteiger partial charge >= 0.3 is 0 Å². The third-order valence-corrected chi connectivity index (χ3v) is 6.68. The topological polar surface area (TPSA) is 34.4 Å². The summed E-state index contributed by atoms with van der Waals surface area (Å²) >= 11 is 1.73. The first kappa shape index (κ1) is 13.4. The standard InChI is InChI=1S/C15H17NO2SSi/c1-16-7-10-20(13-6-9-19-11-13)18-14-4-2-3-12-5-8-17-15(12)14/h2-6,8-9,11,16,20H,7,10H2,1H3/t20-/m0/s1. The summed E-state index contributed by atoms with van der Waals surface area (Å²) in [4.78, 5) is 0. The van der Waals surface area contributed by atoms with Crippen LogP contribution in [0.15, 0.2) is 51.8 Å². The summed E-state index contributed by atoms with van der Waals surface area (Å²) < 4.78 is 11.9. The Balaban J connectivity index is 1.87.